The summed E-state index contributed by atoms with van der Waals surface area (Å²) in [5, 5.41) is 3.39. The molecule has 3 aromatic rings. The second-order valence-electron chi connectivity index (χ2n) is 7.32. The molecule has 0 fully saturated rings. The Balaban J connectivity index is 1.52. The summed E-state index contributed by atoms with van der Waals surface area (Å²) in [7, 11) is 0. The molecule has 30 heavy (non-hydrogen) atoms. The molecule has 0 saturated carbocycles. The van der Waals surface area contributed by atoms with Crippen LogP contribution in [0, 0.1) is 0 Å². The predicted octanol–water partition coefficient (Wildman–Crippen LogP) is 5.98. The van der Waals surface area contributed by atoms with Gasteiger partial charge in [-0.3, -0.25) is 4.79 Å². The second kappa shape index (κ2) is 11.1. The molecular weight excluding hydrogens is 380 g/mol. The van der Waals surface area contributed by atoms with Crippen molar-refractivity contribution in [3.63, 3.8) is 0 Å². The van der Waals surface area contributed by atoms with Crippen molar-refractivity contribution in [3.8, 4) is 5.75 Å². The van der Waals surface area contributed by atoms with Gasteiger partial charge in [-0.1, -0.05) is 63.6 Å². The van der Waals surface area contributed by atoms with Crippen LogP contribution in [0.15, 0.2) is 57.7 Å². The van der Waals surface area contributed by atoms with Gasteiger partial charge in [0.25, 0.3) is 0 Å². The summed E-state index contributed by atoms with van der Waals surface area (Å²) in [4.78, 5) is 28.5. The summed E-state index contributed by atoms with van der Waals surface area (Å²) in [5.74, 6) is 0.201. The third-order valence-corrected chi connectivity index (χ3v) is 4.84. The summed E-state index contributed by atoms with van der Waals surface area (Å²) < 4.78 is 10.7. The smallest absolute Gasteiger partial charge is 0.348 e. The van der Waals surface area contributed by atoms with E-state index in [0.29, 0.717) is 28.8 Å². The lowest BCUT2D eigenvalue weighted by molar-refractivity contribution is -0.134. The molecule has 0 aliphatic carbocycles. The first-order valence-corrected chi connectivity index (χ1v) is 10.6. The fourth-order valence-corrected chi connectivity index (χ4v) is 3.24. The van der Waals surface area contributed by atoms with Crippen LogP contribution in [0.25, 0.3) is 10.9 Å². The number of nitrogens with zero attached hydrogens (tertiary/aromatic N) is 1. The molecule has 0 aliphatic heterocycles. The molecule has 0 amide bonds. The van der Waals surface area contributed by atoms with Gasteiger partial charge < -0.3 is 14.5 Å². The molecule has 0 bridgehead atoms. The summed E-state index contributed by atoms with van der Waals surface area (Å²) >= 11 is 0. The molecule has 0 saturated heterocycles. The van der Waals surface area contributed by atoms with Crippen LogP contribution in [-0.4, -0.2) is 11.0 Å². The van der Waals surface area contributed by atoms with E-state index in [0.717, 1.165) is 19.3 Å². The molecule has 0 atom stereocenters. The summed E-state index contributed by atoms with van der Waals surface area (Å²) in [5.41, 5.74) is 0.705. The van der Waals surface area contributed by atoms with Gasteiger partial charge in [0, 0.05) is 18.2 Å². The number of rotatable bonds is 11. The average molecular weight is 408 g/mol. The van der Waals surface area contributed by atoms with E-state index in [9.17, 15) is 9.59 Å². The molecule has 0 radical (unpaired) electrons. The Kier molecular flexibility index (Phi) is 8.01. The van der Waals surface area contributed by atoms with Crippen molar-refractivity contribution in [2.45, 2.75) is 58.3 Å². The minimum absolute atomic E-state index is 0.0882. The van der Waals surface area contributed by atoms with E-state index >= 15 is 0 Å². The van der Waals surface area contributed by atoms with E-state index in [-0.39, 0.29) is 12.0 Å². The Morgan fingerprint density at radius 1 is 1.00 bits per heavy atom. The number of unbranched alkanes of at least 4 members (excludes halogenated alkanes) is 6. The number of carbonyl (C=O) groups excluding carboxylic acids is 1. The highest BCUT2D eigenvalue weighted by molar-refractivity contribution is 5.78. The van der Waals surface area contributed by atoms with Crippen molar-refractivity contribution in [1.29, 1.82) is 0 Å². The normalized spacial score (nSPS) is 10.8. The van der Waals surface area contributed by atoms with Crippen molar-refractivity contribution in [3.05, 3.63) is 59.0 Å². The second-order valence-corrected chi connectivity index (χ2v) is 7.32. The Morgan fingerprint density at radius 3 is 2.60 bits per heavy atom. The van der Waals surface area contributed by atoms with E-state index in [1.807, 2.05) is 6.07 Å². The van der Waals surface area contributed by atoms with Crippen molar-refractivity contribution in [1.82, 2.24) is 4.98 Å². The average Bonchev–Trinajstić information content (AvgIpc) is 2.73. The summed E-state index contributed by atoms with van der Waals surface area (Å²) in [6.45, 7) is 2.20. The molecule has 1 N–H and O–H groups in total. The summed E-state index contributed by atoms with van der Waals surface area (Å²) in [6, 6.07) is 14.0. The lowest BCUT2D eigenvalue weighted by Gasteiger charge is -2.08. The van der Waals surface area contributed by atoms with E-state index in [1.54, 1.807) is 42.5 Å². The van der Waals surface area contributed by atoms with Crippen LogP contribution in [0.3, 0.4) is 0 Å². The van der Waals surface area contributed by atoms with E-state index in [1.165, 1.54) is 25.7 Å². The number of esters is 1. The molecule has 1 heterocycles. The highest BCUT2D eigenvalue weighted by Crippen LogP contribution is 2.22. The summed E-state index contributed by atoms with van der Waals surface area (Å²) in [6.07, 6.45) is 8.49. The maximum atomic E-state index is 12.1. The van der Waals surface area contributed by atoms with Gasteiger partial charge in [-0.25, -0.2) is 4.79 Å². The number of fused-ring (bicyclic) bond motifs is 1. The van der Waals surface area contributed by atoms with Crippen LogP contribution >= 0.6 is 0 Å². The molecule has 1 aromatic heterocycles. The Morgan fingerprint density at radius 2 is 1.77 bits per heavy atom. The number of anilines is 2. The van der Waals surface area contributed by atoms with E-state index in [2.05, 4.69) is 17.2 Å². The first-order valence-electron chi connectivity index (χ1n) is 10.6. The van der Waals surface area contributed by atoms with Crippen LogP contribution in [0.2, 0.25) is 0 Å². The van der Waals surface area contributed by atoms with Gasteiger partial charge in [0.15, 0.2) is 0 Å². The predicted molar refractivity (Wildman–Crippen MR) is 118 cm³/mol. The first kappa shape index (κ1) is 21.6. The Hall–Kier alpha value is -3.15. The van der Waals surface area contributed by atoms with Crippen LogP contribution in [-0.2, 0) is 4.79 Å². The zero-order valence-corrected chi connectivity index (χ0v) is 17.4. The van der Waals surface area contributed by atoms with Gasteiger partial charge in [-0.2, -0.15) is 4.98 Å². The fourth-order valence-electron chi connectivity index (χ4n) is 3.24. The molecule has 6 nitrogen and oxygen atoms in total. The SMILES string of the molecule is CCCCCCCCCC(=O)Oc1cccc(Nc2nc3ccccc3c(=O)o2)c1. The van der Waals surface area contributed by atoms with E-state index < -0.39 is 5.63 Å². The van der Waals surface area contributed by atoms with Crippen molar-refractivity contribution in [2.24, 2.45) is 0 Å². The third-order valence-electron chi connectivity index (χ3n) is 4.84. The topological polar surface area (TPSA) is 81.4 Å². The van der Waals surface area contributed by atoms with Gasteiger partial charge in [0.05, 0.1) is 10.9 Å². The number of para-hydroxylation sites is 1. The number of ether oxygens (including phenoxy) is 1. The highest BCUT2D eigenvalue weighted by Gasteiger charge is 2.08. The zero-order valence-electron chi connectivity index (χ0n) is 17.4. The van der Waals surface area contributed by atoms with Crippen LogP contribution < -0.4 is 15.7 Å². The highest BCUT2D eigenvalue weighted by atomic mass is 16.5. The van der Waals surface area contributed by atoms with Crippen molar-refractivity contribution in [2.75, 3.05) is 5.32 Å². The lowest BCUT2D eigenvalue weighted by atomic mass is 10.1. The maximum Gasteiger partial charge on any atom is 0.348 e. The number of carbonyl (C=O) groups is 1. The Bertz CT molecular complexity index is 1030. The number of hydrogen-bond donors (Lipinski definition) is 1. The number of nitrogens with one attached hydrogen (secondary N) is 1. The molecule has 0 aliphatic rings. The molecule has 158 valence electrons. The molecule has 0 unspecified atom stereocenters. The lowest BCUT2D eigenvalue weighted by Crippen LogP contribution is -2.08. The maximum absolute atomic E-state index is 12.1. The quantitative estimate of drug-likeness (QED) is 0.239. The first-order chi connectivity index (χ1) is 14.7. The minimum Gasteiger partial charge on any atom is -0.426 e. The Labute approximate surface area is 176 Å². The van der Waals surface area contributed by atoms with Gasteiger partial charge in [-0.15, -0.1) is 0 Å². The van der Waals surface area contributed by atoms with Crippen LogP contribution in [0.4, 0.5) is 11.7 Å². The van der Waals surface area contributed by atoms with Crippen molar-refractivity contribution >= 4 is 28.6 Å². The standard InChI is InChI=1S/C24H28N2O4/c1-2-3-4-5-6-7-8-16-22(27)29-19-13-11-12-18(17-19)25-24-26-21-15-10-9-14-20(21)23(28)30-24/h9-15,17H,2-8,16H2,1H3,(H,25,26). The molecule has 3 rings (SSSR count). The van der Waals surface area contributed by atoms with Crippen LogP contribution in [0.1, 0.15) is 58.3 Å². The van der Waals surface area contributed by atoms with Crippen LogP contribution in [0.5, 0.6) is 5.75 Å². The number of benzene rings is 2. The number of hydrogen-bond acceptors (Lipinski definition) is 6. The minimum atomic E-state index is -0.458. The van der Waals surface area contributed by atoms with Crippen molar-refractivity contribution < 1.29 is 13.9 Å². The fraction of sp³-hybridized carbons (Fsp3) is 0.375. The molecule has 6 heteroatoms. The largest absolute Gasteiger partial charge is 0.426 e. The molecule has 2 aromatic carbocycles. The molecular formula is C24H28N2O4. The van der Waals surface area contributed by atoms with Gasteiger partial charge in [-0.05, 0) is 30.7 Å². The van der Waals surface area contributed by atoms with E-state index in [4.69, 9.17) is 9.15 Å². The zero-order chi connectivity index (χ0) is 21.2. The number of aromatic nitrogens is 1. The molecule has 0 spiro atoms. The van der Waals surface area contributed by atoms with Gasteiger partial charge in [0.1, 0.15) is 5.75 Å². The third kappa shape index (κ3) is 6.44. The van der Waals surface area contributed by atoms with Gasteiger partial charge >= 0.3 is 17.6 Å². The monoisotopic (exact) mass is 408 g/mol. The van der Waals surface area contributed by atoms with Gasteiger partial charge in [0.2, 0.25) is 0 Å².